The minimum absolute atomic E-state index is 0.0875. The van der Waals surface area contributed by atoms with E-state index in [1.165, 1.54) is 6.42 Å². The third kappa shape index (κ3) is 12.2. The first-order chi connectivity index (χ1) is 14.9. The van der Waals surface area contributed by atoms with Gasteiger partial charge < -0.3 is 31.5 Å². The number of carbonyl (C=O) groups excluding carboxylic acids is 3. The van der Waals surface area contributed by atoms with Crippen molar-refractivity contribution in [3.63, 3.8) is 0 Å². The van der Waals surface area contributed by atoms with Crippen molar-refractivity contribution in [3.05, 3.63) is 0 Å². The SMILES string of the molecule is CC(C)CNC(=O)C[C@H](O)[C@H](CC1CCCCC1)NC(=O)[C@@H](N)CNC(=O)OC(C)(C)C. The van der Waals surface area contributed by atoms with E-state index in [4.69, 9.17) is 10.5 Å². The molecule has 0 spiro atoms. The quantitative estimate of drug-likeness (QED) is 0.321. The van der Waals surface area contributed by atoms with Gasteiger partial charge in [0.25, 0.3) is 0 Å². The molecule has 1 aliphatic rings. The zero-order chi connectivity index (χ0) is 24.3. The Kier molecular flexibility index (Phi) is 12.0. The molecule has 0 saturated heterocycles. The molecular formula is C23H44N4O5. The summed E-state index contributed by atoms with van der Waals surface area (Å²) in [7, 11) is 0. The average Bonchev–Trinajstić information content (AvgIpc) is 2.69. The summed E-state index contributed by atoms with van der Waals surface area (Å²) in [6.07, 6.45) is 4.41. The van der Waals surface area contributed by atoms with E-state index in [-0.39, 0.29) is 18.9 Å². The number of hydrogen-bond donors (Lipinski definition) is 5. The zero-order valence-electron chi connectivity index (χ0n) is 20.4. The van der Waals surface area contributed by atoms with Crippen LogP contribution >= 0.6 is 0 Å². The molecule has 1 aliphatic carbocycles. The number of ether oxygens (including phenoxy) is 1. The van der Waals surface area contributed by atoms with Crippen LogP contribution in [0.2, 0.25) is 0 Å². The van der Waals surface area contributed by atoms with Crippen molar-refractivity contribution in [1.82, 2.24) is 16.0 Å². The topological polar surface area (TPSA) is 143 Å². The molecule has 3 amide bonds. The first-order valence-electron chi connectivity index (χ1n) is 11.8. The van der Waals surface area contributed by atoms with Crippen LogP contribution in [-0.2, 0) is 14.3 Å². The number of aliphatic hydroxyl groups excluding tert-OH is 1. The van der Waals surface area contributed by atoms with Gasteiger partial charge in [-0.05, 0) is 39.0 Å². The number of aliphatic hydroxyl groups is 1. The highest BCUT2D eigenvalue weighted by Crippen LogP contribution is 2.28. The maximum Gasteiger partial charge on any atom is 0.407 e. The molecule has 1 fully saturated rings. The summed E-state index contributed by atoms with van der Waals surface area (Å²) in [6, 6.07) is -1.58. The largest absolute Gasteiger partial charge is 0.444 e. The van der Waals surface area contributed by atoms with Gasteiger partial charge in [-0.3, -0.25) is 9.59 Å². The predicted octanol–water partition coefficient (Wildman–Crippen LogP) is 1.82. The van der Waals surface area contributed by atoms with Crippen LogP contribution in [-0.4, -0.2) is 59.9 Å². The van der Waals surface area contributed by atoms with Crippen LogP contribution in [0.3, 0.4) is 0 Å². The molecule has 0 bridgehead atoms. The molecule has 6 N–H and O–H groups in total. The van der Waals surface area contributed by atoms with E-state index in [0.717, 1.165) is 25.7 Å². The van der Waals surface area contributed by atoms with Gasteiger partial charge in [0.2, 0.25) is 11.8 Å². The Labute approximate surface area is 192 Å². The van der Waals surface area contributed by atoms with Gasteiger partial charge in [-0.1, -0.05) is 46.0 Å². The van der Waals surface area contributed by atoms with Crippen molar-refractivity contribution in [2.24, 2.45) is 17.6 Å². The maximum atomic E-state index is 12.7. The van der Waals surface area contributed by atoms with Gasteiger partial charge in [0.15, 0.2) is 0 Å². The Morgan fingerprint density at radius 3 is 2.25 bits per heavy atom. The van der Waals surface area contributed by atoms with Crippen molar-refractivity contribution >= 4 is 17.9 Å². The minimum Gasteiger partial charge on any atom is -0.444 e. The van der Waals surface area contributed by atoms with Crippen LogP contribution < -0.4 is 21.7 Å². The summed E-state index contributed by atoms with van der Waals surface area (Å²) in [5, 5.41) is 18.9. The summed E-state index contributed by atoms with van der Waals surface area (Å²) in [5.74, 6) is -0.0312. The summed E-state index contributed by atoms with van der Waals surface area (Å²) in [4.78, 5) is 36.7. The van der Waals surface area contributed by atoms with E-state index in [1.807, 2.05) is 13.8 Å². The lowest BCUT2D eigenvalue weighted by Gasteiger charge is -2.31. The molecule has 0 aromatic heterocycles. The number of nitrogens with one attached hydrogen (secondary N) is 3. The fourth-order valence-corrected chi connectivity index (χ4v) is 3.71. The Morgan fingerprint density at radius 1 is 1.06 bits per heavy atom. The van der Waals surface area contributed by atoms with Gasteiger partial charge in [-0.25, -0.2) is 4.79 Å². The number of amides is 3. The fourth-order valence-electron chi connectivity index (χ4n) is 3.71. The molecule has 0 unspecified atom stereocenters. The maximum absolute atomic E-state index is 12.7. The monoisotopic (exact) mass is 456 g/mol. The third-order valence-electron chi connectivity index (χ3n) is 5.41. The second-order valence-corrected chi connectivity index (χ2v) is 10.3. The van der Waals surface area contributed by atoms with Crippen molar-refractivity contribution in [3.8, 4) is 0 Å². The molecule has 0 aromatic rings. The molecule has 32 heavy (non-hydrogen) atoms. The summed E-state index contributed by atoms with van der Waals surface area (Å²) >= 11 is 0. The standard InChI is InChI=1S/C23H44N4O5/c1-15(2)13-25-20(29)12-19(28)18(11-16-9-7-6-8-10-16)27-21(30)17(24)14-26-22(31)32-23(3,4)5/h15-19,28H,6-14,24H2,1-5H3,(H,25,29)(H,26,31)(H,27,30)/t17-,18-,19-/m0/s1. The molecule has 1 saturated carbocycles. The average molecular weight is 457 g/mol. The van der Waals surface area contributed by atoms with E-state index in [1.54, 1.807) is 20.8 Å². The number of rotatable bonds is 11. The second-order valence-electron chi connectivity index (χ2n) is 10.3. The Morgan fingerprint density at radius 2 is 1.69 bits per heavy atom. The second kappa shape index (κ2) is 13.6. The van der Waals surface area contributed by atoms with E-state index in [9.17, 15) is 19.5 Å². The normalized spacial score (nSPS) is 17.9. The Bertz CT molecular complexity index is 600. The fraction of sp³-hybridized carbons (Fsp3) is 0.870. The molecule has 9 nitrogen and oxygen atoms in total. The lowest BCUT2D eigenvalue weighted by Crippen LogP contribution is -2.54. The van der Waals surface area contributed by atoms with Crippen LogP contribution in [0.5, 0.6) is 0 Å². The summed E-state index contributed by atoms with van der Waals surface area (Å²) < 4.78 is 5.15. The van der Waals surface area contributed by atoms with Gasteiger partial charge in [0, 0.05) is 13.1 Å². The van der Waals surface area contributed by atoms with Crippen LogP contribution in [0.15, 0.2) is 0 Å². The highest BCUT2D eigenvalue weighted by atomic mass is 16.6. The smallest absolute Gasteiger partial charge is 0.407 e. The Balaban J connectivity index is 2.66. The molecule has 0 aliphatic heterocycles. The third-order valence-corrected chi connectivity index (χ3v) is 5.41. The van der Waals surface area contributed by atoms with E-state index < -0.39 is 35.8 Å². The van der Waals surface area contributed by atoms with Crippen molar-refractivity contribution in [1.29, 1.82) is 0 Å². The number of hydrogen-bond acceptors (Lipinski definition) is 6. The summed E-state index contributed by atoms with van der Waals surface area (Å²) in [5.41, 5.74) is 5.30. The molecule has 0 heterocycles. The molecule has 9 heteroatoms. The van der Waals surface area contributed by atoms with E-state index in [2.05, 4.69) is 16.0 Å². The number of alkyl carbamates (subject to hydrolysis) is 1. The van der Waals surface area contributed by atoms with Gasteiger partial charge in [-0.2, -0.15) is 0 Å². The highest BCUT2D eigenvalue weighted by molar-refractivity contribution is 5.83. The molecular weight excluding hydrogens is 412 g/mol. The molecule has 186 valence electrons. The minimum atomic E-state index is -1.01. The van der Waals surface area contributed by atoms with Crippen molar-refractivity contribution in [2.75, 3.05) is 13.1 Å². The van der Waals surface area contributed by atoms with Crippen LogP contribution in [0, 0.1) is 11.8 Å². The first-order valence-corrected chi connectivity index (χ1v) is 11.8. The Hall–Kier alpha value is -1.87. The van der Waals surface area contributed by atoms with Gasteiger partial charge in [0.05, 0.1) is 18.6 Å². The zero-order valence-corrected chi connectivity index (χ0v) is 20.4. The number of carbonyl (C=O) groups is 3. The molecule has 0 radical (unpaired) electrons. The van der Waals surface area contributed by atoms with Crippen molar-refractivity contribution in [2.45, 2.75) is 103 Å². The summed E-state index contributed by atoms with van der Waals surface area (Å²) in [6.45, 7) is 9.66. The highest BCUT2D eigenvalue weighted by Gasteiger charge is 2.29. The van der Waals surface area contributed by atoms with Crippen molar-refractivity contribution < 1.29 is 24.2 Å². The van der Waals surface area contributed by atoms with Gasteiger partial charge in [0.1, 0.15) is 11.6 Å². The van der Waals surface area contributed by atoms with Gasteiger partial charge >= 0.3 is 6.09 Å². The molecule has 1 rings (SSSR count). The van der Waals surface area contributed by atoms with Crippen LogP contribution in [0.1, 0.15) is 79.6 Å². The van der Waals surface area contributed by atoms with E-state index in [0.29, 0.717) is 24.8 Å². The van der Waals surface area contributed by atoms with Gasteiger partial charge in [-0.15, -0.1) is 0 Å². The number of nitrogens with two attached hydrogens (primary N) is 1. The lowest BCUT2D eigenvalue weighted by molar-refractivity contribution is -0.127. The van der Waals surface area contributed by atoms with E-state index >= 15 is 0 Å². The predicted molar refractivity (Wildman–Crippen MR) is 124 cm³/mol. The molecule has 3 atom stereocenters. The van der Waals surface area contributed by atoms with Crippen LogP contribution in [0.4, 0.5) is 4.79 Å². The molecule has 0 aromatic carbocycles. The van der Waals surface area contributed by atoms with Crippen LogP contribution in [0.25, 0.3) is 0 Å². The lowest BCUT2D eigenvalue weighted by atomic mass is 9.83. The first kappa shape index (κ1) is 28.2.